The second-order valence-electron chi connectivity index (χ2n) is 3.34. The summed E-state index contributed by atoms with van der Waals surface area (Å²) in [5.74, 6) is 0.555. The molecular weight excluding hydrogens is 146 g/mol. The Hall–Kier alpha value is -0.980. The maximum Gasteiger partial charge on any atom is 0.00556 e. The zero-order valence-electron chi connectivity index (χ0n) is 8.54. The van der Waals surface area contributed by atoms with Gasteiger partial charge in [0.1, 0.15) is 0 Å². The first-order valence-corrected chi connectivity index (χ1v) is 4.25. The van der Waals surface area contributed by atoms with Crippen LogP contribution in [0.15, 0.2) is 36.6 Å². The Kier molecular flexibility index (Phi) is 5.18. The number of rotatable bonds is 4. The number of nitrogens with zero attached hydrogens (tertiary/aromatic N) is 1. The van der Waals surface area contributed by atoms with Crippen molar-refractivity contribution in [3.05, 3.63) is 36.6 Å². The Balaban J connectivity index is 4.34. The van der Waals surface area contributed by atoms with Gasteiger partial charge in [0.25, 0.3) is 0 Å². The van der Waals surface area contributed by atoms with E-state index in [1.54, 1.807) is 0 Å². The van der Waals surface area contributed by atoms with Crippen molar-refractivity contribution in [2.24, 2.45) is 5.92 Å². The van der Waals surface area contributed by atoms with Crippen LogP contribution < -0.4 is 0 Å². The van der Waals surface area contributed by atoms with Crippen LogP contribution in [0.5, 0.6) is 0 Å². The van der Waals surface area contributed by atoms with Crippen molar-refractivity contribution in [2.45, 2.75) is 13.8 Å². The first-order chi connectivity index (χ1) is 5.57. The molecule has 0 aliphatic heterocycles. The fourth-order valence-electron chi connectivity index (χ4n) is 0.812. The van der Waals surface area contributed by atoms with Gasteiger partial charge < -0.3 is 4.90 Å². The van der Waals surface area contributed by atoms with E-state index in [1.807, 2.05) is 31.1 Å². The van der Waals surface area contributed by atoms with Crippen LogP contribution in [-0.4, -0.2) is 19.0 Å². The molecule has 1 nitrogen and oxygen atoms in total. The van der Waals surface area contributed by atoms with Gasteiger partial charge in [-0.3, -0.25) is 0 Å². The average molecular weight is 165 g/mol. The van der Waals surface area contributed by atoms with Gasteiger partial charge in [-0.1, -0.05) is 32.6 Å². The van der Waals surface area contributed by atoms with E-state index in [9.17, 15) is 0 Å². The van der Waals surface area contributed by atoms with Gasteiger partial charge >= 0.3 is 0 Å². The highest BCUT2D eigenvalue weighted by molar-refractivity contribution is 5.24. The quantitative estimate of drug-likeness (QED) is 0.579. The predicted octanol–water partition coefficient (Wildman–Crippen LogP) is 2.83. The molecule has 0 aromatic carbocycles. The molecule has 68 valence electrons. The van der Waals surface area contributed by atoms with Gasteiger partial charge in [-0.05, 0) is 23.8 Å². The van der Waals surface area contributed by atoms with Crippen LogP contribution in [-0.2, 0) is 0 Å². The fourth-order valence-corrected chi connectivity index (χ4v) is 0.812. The summed E-state index contributed by atoms with van der Waals surface area (Å²) in [6, 6.07) is 0. The van der Waals surface area contributed by atoms with E-state index in [0.29, 0.717) is 5.92 Å². The number of hydrogen-bond acceptors (Lipinski definition) is 1. The normalized spacial score (nSPS) is 12.6. The second-order valence-corrected chi connectivity index (χ2v) is 3.34. The monoisotopic (exact) mass is 165 g/mol. The third-order valence-electron chi connectivity index (χ3n) is 1.54. The Morgan fingerprint density at radius 2 is 1.92 bits per heavy atom. The lowest BCUT2D eigenvalue weighted by molar-refractivity contribution is 0.562. The van der Waals surface area contributed by atoms with Gasteiger partial charge in [-0.2, -0.15) is 0 Å². The lowest BCUT2D eigenvalue weighted by atomic mass is 10.0. The Morgan fingerprint density at radius 1 is 1.33 bits per heavy atom. The molecular formula is C11H19N. The largest absolute Gasteiger partial charge is 0.383 e. The molecule has 0 aliphatic rings. The molecule has 0 saturated carbocycles. The number of allylic oxidation sites excluding steroid dienone is 4. The predicted molar refractivity (Wildman–Crippen MR) is 55.9 cm³/mol. The zero-order chi connectivity index (χ0) is 9.56. The molecule has 0 aromatic rings. The van der Waals surface area contributed by atoms with Crippen LogP contribution in [0.2, 0.25) is 0 Å². The summed E-state index contributed by atoms with van der Waals surface area (Å²) in [5, 5.41) is 0. The third kappa shape index (κ3) is 4.78. The Morgan fingerprint density at radius 3 is 2.25 bits per heavy atom. The van der Waals surface area contributed by atoms with Gasteiger partial charge in [0.15, 0.2) is 0 Å². The molecule has 0 bridgehead atoms. The maximum absolute atomic E-state index is 3.69. The van der Waals surface area contributed by atoms with Crippen LogP contribution in [0.4, 0.5) is 0 Å². The van der Waals surface area contributed by atoms with Crippen molar-refractivity contribution in [1.29, 1.82) is 0 Å². The van der Waals surface area contributed by atoms with Crippen molar-refractivity contribution >= 4 is 0 Å². The Bertz CT molecular complexity index is 185. The summed E-state index contributed by atoms with van der Waals surface area (Å²) in [6.45, 7) is 8.04. The summed E-state index contributed by atoms with van der Waals surface area (Å²) >= 11 is 0. The first kappa shape index (κ1) is 11.0. The van der Waals surface area contributed by atoms with Crippen molar-refractivity contribution < 1.29 is 0 Å². The van der Waals surface area contributed by atoms with E-state index in [-0.39, 0.29) is 0 Å². The van der Waals surface area contributed by atoms with E-state index >= 15 is 0 Å². The van der Waals surface area contributed by atoms with Gasteiger partial charge in [-0.25, -0.2) is 0 Å². The lowest BCUT2D eigenvalue weighted by Gasteiger charge is -2.08. The fraction of sp³-hybridized carbons (Fsp3) is 0.455. The minimum Gasteiger partial charge on any atom is -0.383 e. The molecule has 0 aliphatic carbocycles. The molecule has 0 atom stereocenters. The van der Waals surface area contributed by atoms with E-state index in [1.165, 1.54) is 5.57 Å². The van der Waals surface area contributed by atoms with Crippen LogP contribution in [0, 0.1) is 5.92 Å². The molecule has 0 unspecified atom stereocenters. The second kappa shape index (κ2) is 5.64. The summed E-state index contributed by atoms with van der Waals surface area (Å²) in [6.07, 6.45) is 8.04. The van der Waals surface area contributed by atoms with Gasteiger partial charge in [0.2, 0.25) is 0 Å². The molecule has 0 amide bonds. The van der Waals surface area contributed by atoms with Crippen molar-refractivity contribution in [3.63, 3.8) is 0 Å². The summed E-state index contributed by atoms with van der Waals surface area (Å²) < 4.78 is 0. The molecule has 0 fully saturated rings. The van der Waals surface area contributed by atoms with Crippen LogP contribution in [0.3, 0.4) is 0 Å². The molecule has 12 heavy (non-hydrogen) atoms. The highest BCUT2D eigenvalue weighted by Gasteiger charge is 1.96. The van der Waals surface area contributed by atoms with E-state index < -0.39 is 0 Å². The smallest absolute Gasteiger partial charge is 0.00556 e. The molecule has 1 heteroatoms. The summed E-state index contributed by atoms with van der Waals surface area (Å²) in [4.78, 5) is 2.03. The van der Waals surface area contributed by atoms with E-state index in [2.05, 4.69) is 32.7 Å². The highest BCUT2D eigenvalue weighted by atomic mass is 15.0. The molecule has 0 rings (SSSR count). The third-order valence-corrected chi connectivity index (χ3v) is 1.54. The minimum absolute atomic E-state index is 0.555. The first-order valence-electron chi connectivity index (χ1n) is 4.25. The molecule has 0 N–H and O–H groups in total. The van der Waals surface area contributed by atoms with Crippen molar-refractivity contribution in [1.82, 2.24) is 4.90 Å². The van der Waals surface area contributed by atoms with Crippen molar-refractivity contribution in [3.8, 4) is 0 Å². The average Bonchev–Trinajstić information content (AvgIpc) is 1.96. The van der Waals surface area contributed by atoms with Gasteiger partial charge in [0.05, 0.1) is 0 Å². The zero-order valence-corrected chi connectivity index (χ0v) is 8.54. The molecule has 0 spiro atoms. The van der Waals surface area contributed by atoms with E-state index in [4.69, 9.17) is 0 Å². The SMILES string of the molecule is C=C/C=C(\C=C/N(C)C)C(C)C. The molecule has 0 saturated heterocycles. The highest BCUT2D eigenvalue weighted by Crippen LogP contribution is 2.10. The molecule has 0 aromatic heterocycles. The topological polar surface area (TPSA) is 3.24 Å². The summed E-state index contributed by atoms with van der Waals surface area (Å²) in [7, 11) is 4.03. The van der Waals surface area contributed by atoms with Gasteiger partial charge in [0, 0.05) is 14.1 Å². The maximum atomic E-state index is 3.69. The van der Waals surface area contributed by atoms with Crippen LogP contribution >= 0.6 is 0 Å². The van der Waals surface area contributed by atoms with Crippen molar-refractivity contribution in [2.75, 3.05) is 14.1 Å². The molecule has 0 radical (unpaired) electrons. The summed E-state index contributed by atoms with van der Waals surface area (Å²) in [5.41, 5.74) is 1.30. The van der Waals surface area contributed by atoms with Gasteiger partial charge in [-0.15, -0.1) is 0 Å². The molecule has 0 heterocycles. The number of hydrogen-bond donors (Lipinski definition) is 0. The lowest BCUT2D eigenvalue weighted by Crippen LogP contribution is -2.01. The van der Waals surface area contributed by atoms with E-state index in [0.717, 1.165) is 0 Å². The minimum atomic E-state index is 0.555. The van der Waals surface area contributed by atoms with Crippen LogP contribution in [0.25, 0.3) is 0 Å². The van der Waals surface area contributed by atoms with Crippen LogP contribution in [0.1, 0.15) is 13.8 Å². The standard InChI is InChI=1S/C11H19N/c1-6-7-11(10(2)3)8-9-12(4)5/h6-10H,1H2,2-5H3/b9-8-,11-7+. The Labute approximate surface area is 76.1 Å².